The zero-order valence-corrected chi connectivity index (χ0v) is 10.1. The molecule has 0 bridgehead atoms. The number of ether oxygens (including phenoxy) is 2. The van der Waals surface area contributed by atoms with Crippen LogP contribution in [0.4, 0.5) is 0 Å². The topological polar surface area (TPSA) is 18.5 Å². The molecule has 0 aliphatic rings. The van der Waals surface area contributed by atoms with E-state index in [-0.39, 0.29) is 6.10 Å². The third kappa shape index (κ3) is 4.49. The Balaban J connectivity index is 2.33. The first-order valence-electron chi connectivity index (χ1n) is 5.70. The third-order valence-electron chi connectivity index (χ3n) is 2.38. The standard InChI is InChI=1S/C14H20O2/c1-4-7-12(3)15-11-16-14-9-6-8-13(5-2)10-14/h4,6,8-10,12H,1,5,7,11H2,2-3H3. The van der Waals surface area contributed by atoms with Crippen molar-refractivity contribution in [3.05, 3.63) is 42.5 Å². The Hall–Kier alpha value is -1.28. The minimum Gasteiger partial charge on any atom is -0.468 e. The lowest BCUT2D eigenvalue weighted by molar-refractivity contribution is -0.0264. The maximum Gasteiger partial charge on any atom is 0.189 e. The monoisotopic (exact) mass is 220 g/mol. The van der Waals surface area contributed by atoms with Crippen molar-refractivity contribution in [2.24, 2.45) is 0 Å². The van der Waals surface area contributed by atoms with Crippen molar-refractivity contribution in [2.75, 3.05) is 6.79 Å². The molecule has 0 heterocycles. The maximum absolute atomic E-state index is 5.51. The molecule has 0 amide bonds. The van der Waals surface area contributed by atoms with Crippen molar-refractivity contribution < 1.29 is 9.47 Å². The fourth-order valence-corrected chi connectivity index (χ4v) is 1.38. The lowest BCUT2D eigenvalue weighted by Crippen LogP contribution is -2.12. The van der Waals surface area contributed by atoms with Crippen LogP contribution in [-0.2, 0) is 11.2 Å². The summed E-state index contributed by atoms with van der Waals surface area (Å²) in [4.78, 5) is 0. The van der Waals surface area contributed by atoms with Crippen molar-refractivity contribution in [3.8, 4) is 5.75 Å². The molecule has 0 saturated carbocycles. The lowest BCUT2D eigenvalue weighted by Gasteiger charge is -2.12. The Bertz CT molecular complexity index is 320. The van der Waals surface area contributed by atoms with Gasteiger partial charge in [0.1, 0.15) is 5.75 Å². The van der Waals surface area contributed by atoms with Gasteiger partial charge in [-0.05, 0) is 37.5 Å². The minimum atomic E-state index is 0.159. The summed E-state index contributed by atoms with van der Waals surface area (Å²) in [5, 5.41) is 0. The summed E-state index contributed by atoms with van der Waals surface area (Å²) in [6.07, 6.45) is 3.87. The predicted molar refractivity (Wildman–Crippen MR) is 66.7 cm³/mol. The highest BCUT2D eigenvalue weighted by Gasteiger charge is 2.00. The first-order chi connectivity index (χ1) is 7.76. The fraction of sp³-hybridized carbons (Fsp3) is 0.429. The van der Waals surface area contributed by atoms with Crippen molar-refractivity contribution in [1.82, 2.24) is 0 Å². The van der Waals surface area contributed by atoms with Crippen LogP contribution >= 0.6 is 0 Å². The van der Waals surface area contributed by atoms with E-state index in [1.807, 2.05) is 31.2 Å². The zero-order chi connectivity index (χ0) is 11.8. The summed E-state index contributed by atoms with van der Waals surface area (Å²) in [5.41, 5.74) is 1.27. The molecular weight excluding hydrogens is 200 g/mol. The summed E-state index contributed by atoms with van der Waals surface area (Å²) >= 11 is 0. The Morgan fingerprint density at radius 1 is 1.44 bits per heavy atom. The second kappa shape index (κ2) is 7.07. The van der Waals surface area contributed by atoms with Gasteiger partial charge in [-0.1, -0.05) is 25.1 Å². The molecule has 1 rings (SSSR count). The number of hydrogen-bond acceptors (Lipinski definition) is 2. The predicted octanol–water partition coefficient (Wildman–Crippen LogP) is 3.57. The van der Waals surface area contributed by atoms with Crippen molar-refractivity contribution >= 4 is 0 Å². The zero-order valence-electron chi connectivity index (χ0n) is 10.1. The maximum atomic E-state index is 5.51. The van der Waals surface area contributed by atoms with Gasteiger partial charge in [0.15, 0.2) is 6.79 Å². The summed E-state index contributed by atoms with van der Waals surface area (Å²) in [6.45, 7) is 8.10. The Morgan fingerprint density at radius 2 is 2.25 bits per heavy atom. The van der Waals surface area contributed by atoms with Gasteiger partial charge in [-0.15, -0.1) is 6.58 Å². The third-order valence-corrected chi connectivity index (χ3v) is 2.38. The smallest absolute Gasteiger partial charge is 0.189 e. The summed E-state index contributed by atoms with van der Waals surface area (Å²) < 4.78 is 11.0. The average molecular weight is 220 g/mol. The molecule has 0 fully saturated rings. The van der Waals surface area contributed by atoms with Crippen LogP contribution in [0.25, 0.3) is 0 Å². The van der Waals surface area contributed by atoms with E-state index in [9.17, 15) is 0 Å². The van der Waals surface area contributed by atoms with Crippen LogP contribution in [-0.4, -0.2) is 12.9 Å². The van der Waals surface area contributed by atoms with E-state index in [1.165, 1.54) is 5.56 Å². The van der Waals surface area contributed by atoms with Crippen LogP contribution in [0.3, 0.4) is 0 Å². The molecule has 0 spiro atoms. The normalized spacial score (nSPS) is 12.1. The van der Waals surface area contributed by atoms with E-state index in [0.29, 0.717) is 6.79 Å². The van der Waals surface area contributed by atoms with Crippen LogP contribution in [0.5, 0.6) is 5.75 Å². The lowest BCUT2D eigenvalue weighted by atomic mass is 10.2. The Kier molecular flexibility index (Phi) is 5.65. The SMILES string of the molecule is C=CCC(C)OCOc1cccc(CC)c1. The molecule has 16 heavy (non-hydrogen) atoms. The van der Waals surface area contributed by atoms with Crippen LogP contribution in [0, 0.1) is 0 Å². The number of aryl methyl sites for hydroxylation is 1. The molecule has 0 N–H and O–H groups in total. The van der Waals surface area contributed by atoms with Crippen molar-refractivity contribution in [2.45, 2.75) is 32.8 Å². The van der Waals surface area contributed by atoms with Gasteiger partial charge in [0.05, 0.1) is 6.10 Å². The van der Waals surface area contributed by atoms with E-state index < -0.39 is 0 Å². The summed E-state index contributed by atoms with van der Waals surface area (Å²) in [7, 11) is 0. The molecule has 0 aromatic heterocycles. The number of rotatable bonds is 7. The fourth-order valence-electron chi connectivity index (χ4n) is 1.38. The second-order valence-corrected chi connectivity index (χ2v) is 3.76. The summed E-state index contributed by atoms with van der Waals surface area (Å²) in [5.74, 6) is 0.866. The highest BCUT2D eigenvalue weighted by molar-refractivity contribution is 5.28. The second-order valence-electron chi connectivity index (χ2n) is 3.76. The largest absolute Gasteiger partial charge is 0.468 e. The minimum absolute atomic E-state index is 0.159. The first kappa shape index (κ1) is 12.8. The van der Waals surface area contributed by atoms with E-state index in [1.54, 1.807) is 0 Å². The Labute approximate surface area is 97.9 Å². The van der Waals surface area contributed by atoms with Crippen molar-refractivity contribution in [1.29, 1.82) is 0 Å². The Morgan fingerprint density at radius 3 is 2.94 bits per heavy atom. The molecule has 1 aromatic carbocycles. The molecule has 0 radical (unpaired) electrons. The molecule has 1 unspecified atom stereocenters. The quantitative estimate of drug-likeness (QED) is 0.516. The van der Waals surface area contributed by atoms with Gasteiger partial charge in [0, 0.05) is 0 Å². The number of hydrogen-bond donors (Lipinski definition) is 0. The molecule has 2 heteroatoms. The molecule has 0 aliphatic heterocycles. The van der Waals surface area contributed by atoms with Crippen molar-refractivity contribution in [3.63, 3.8) is 0 Å². The van der Waals surface area contributed by atoms with E-state index in [0.717, 1.165) is 18.6 Å². The molecular formula is C14H20O2. The first-order valence-corrected chi connectivity index (χ1v) is 5.70. The van der Waals surface area contributed by atoms with Gasteiger partial charge in [0.25, 0.3) is 0 Å². The molecule has 2 nitrogen and oxygen atoms in total. The highest BCUT2D eigenvalue weighted by Crippen LogP contribution is 2.13. The van der Waals surface area contributed by atoms with Gasteiger partial charge in [-0.25, -0.2) is 0 Å². The van der Waals surface area contributed by atoms with E-state index in [2.05, 4.69) is 19.6 Å². The molecule has 88 valence electrons. The van der Waals surface area contributed by atoms with Gasteiger partial charge in [-0.3, -0.25) is 0 Å². The van der Waals surface area contributed by atoms with Gasteiger partial charge in [0.2, 0.25) is 0 Å². The molecule has 0 aliphatic carbocycles. The highest BCUT2D eigenvalue weighted by atomic mass is 16.7. The van der Waals surface area contributed by atoms with Crippen LogP contribution in [0.2, 0.25) is 0 Å². The van der Waals surface area contributed by atoms with Gasteiger partial charge in [-0.2, -0.15) is 0 Å². The van der Waals surface area contributed by atoms with E-state index in [4.69, 9.17) is 9.47 Å². The van der Waals surface area contributed by atoms with Crippen LogP contribution < -0.4 is 4.74 Å². The summed E-state index contributed by atoms with van der Waals surface area (Å²) in [6, 6.07) is 8.08. The van der Waals surface area contributed by atoms with E-state index >= 15 is 0 Å². The van der Waals surface area contributed by atoms with Crippen LogP contribution in [0.15, 0.2) is 36.9 Å². The number of benzene rings is 1. The van der Waals surface area contributed by atoms with Gasteiger partial charge >= 0.3 is 0 Å². The molecule has 0 saturated heterocycles. The molecule has 1 atom stereocenters. The molecule has 1 aromatic rings. The van der Waals surface area contributed by atoms with Crippen LogP contribution in [0.1, 0.15) is 25.8 Å². The van der Waals surface area contributed by atoms with Gasteiger partial charge < -0.3 is 9.47 Å². The average Bonchev–Trinajstić information content (AvgIpc) is 2.30.